The number of hydrogen-bond donors (Lipinski definition) is 2. The minimum atomic E-state index is -0.519. The molecule has 0 bridgehead atoms. The van der Waals surface area contributed by atoms with Gasteiger partial charge in [-0.25, -0.2) is 10.6 Å². The lowest BCUT2D eigenvalue weighted by atomic mass is 10.0. The van der Waals surface area contributed by atoms with Crippen molar-refractivity contribution >= 4 is 12.0 Å². The molecule has 0 spiro atoms. The maximum absolute atomic E-state index is 12.0. The largest absolute Gasteiger partial charge is 0.444 e. The van der Waals surface area contributed by atoms with E-state index in [1.54, 1.807) is 4.90 Å². The third kappa shape index (κ3) is 4.52. The van der Waals surface area contributed by atoms with Crippen molar-refractivity contribution in [3.8, 4) is 0 Å². The van der Waals surface area contributed by atoms with Crippen molar-refractivity contribution in [1.82, 2.24) is 10.3 Å². The molecule has 1 atom stereocenters. The second-order valence-corrected chi connectivity index (χ2v) is 5.63. The van der Waals surface area contributed by atoms with E-state index < -0.39 is 5.60 Å². The minimum Gasteiger partial charge on any atom is -0.444 e. The summed E-state index contributed by atoms with van der Waals surface area (Å²) in [7, 11) is 0. The average molecular weight is 257 g/mol. The number of carbonyl (C=O) groups is 2. The van der Waals surface area contributed by atoms with Crippen LogP contribution in [0.5, 0.6) is 0 Å². The number of hydrazine groups is 1. The molecule has 1 aliphatic rings. The highest BCUT2D eigenvalue weighted by Gasteiger charge is 2.29. The Morgan fingerprint density at radius 3 is 2.56 bits per heavy atom. The summed E-state index contributed by atoms with van der Waals surface area (Å²) in [6.45, 7) is 6.48. The average Bonchev–Trinajstić information content (AvgIpc) is 2.51. The predicted molar refractivity (Wildman–Crippen MR) is 67.5 cm³/mol. The Bertz CT molecular complexity index is 312. The Labute approximate surface area is 108 Å². The summed E-state index contributed by atoms with van der Waals surface area (Å²) >= 11 is 0. The van der Waals surface area contributed by atoms with Crippen molar-refractivity contribution in [2.75, 3.05) is 13.1 Å². The van der Waals surface area contributed by atoms with Gasteiger partial charge in [-0.15, -0.1) is 0 Å². The Morgan fingerprint density at radius 1 is 1.33 bits per heavy atom. The van der Waals surface area contributed by atoms with Crippen LogP contribution in [0.25, 0.3) is 0 Å². The van der Waals surface area contributed by atoms with Gasteiger partial charge in [0, 0.05) is 13.1 Å². The maximum atomic E-state index is 12.0. The van der Waals surface area contributed by atoms with E-state index in [1.165, 1.54) is 0 Å². The summed E-state index contributed by atoms with van der Waals surface area (Å²) in [5.41, 5.74) is 1.63. The molecular formula is C12H23N3O3. The smallest absolute Gasteiger partial charge is 0.410 e. The molecule has 6 heteroatoms. The van der Waals surface area contributed by atoms with Crippen LogP contribution in [-0.4, -0.2) is 35.6 Å². The zero-order valence-corrected chi connectivity index (χ0v) is 11.4. The number of amides is 2. The van der Waals surface area contributed by atoms with Crippen molar-refractivity contribution in [3.63, 3.8) is 0 Å². The minimum absolute atomic E-state index is 0.217. The first kappa shape index (κ1) is 14.8. The molecule has 0 aromatic heterocycles. The summed E-state index contributed by atoms with van der Waals surface area (Å²) in [4.78, 5) is 25.1. The van der Waals surface area contributed by atoms with Crippen LogP contribution in [0.3, 0.4) is 0 Å². The van der Waals surface area contributed by atoms with Crippen LogP contribution < -0.4 is 11.3 Å². The lowest BCUT2D eigenvalue weighted by molar-refractivity contribution is -0.125. The summed E-state index contributed by atoms with van der Waals surface area (Å²) in [6, 6.07) is 0. The molecular weight excluding hydrogens is 234 g/mol. The topological polar surface area (TPSA) is 84.7 Å². The molecule has 1 fully saturated rings. The van der Waals surface area contributed by atoms with Crippen molar-refractivity contribution < 1.29 is 14.3 Å². The molecule has 18 heavy (non-hydrogen) atoms. The first-order chi connectivity index (χ1) is 8.33. The van der Waals surface area contributed by atoms with Crippen molar-refractivity contribution in [1.29, 1.82) is 0 Å². The van der Waals surface area contributed by atoms with Crippen LogP contribution in [0.2, 0.25) is 0 Å². The number of nitrogens with one attached hydrogen (secondary N) is 1. The highest BCUT2D eigenvalue weighted by Crippen LogP contribution is 2.19. The van der Waals surface area contributed by atoms with E-state index in [4.69, 9.17) is 10.6 Å². The lowest BCUT2D eigenvalue weighted by Crippen LogP contribution is -2.44. The number of rotatable bonds is 1. The number of nitrogens with two attached hydrogens (primary N) is 1. The Kier molecular flexibility index (Phi) is 4.95. The summed E-state index contributed by atoms with van der Waals surface area (Å²) in [5.74, 6) is 4.68. The van der Waals surface area contributed by atoms with Gasteiger partial charge in [0.05, 0.1) is 5.92 Å². The fraction of sp³-hybridized carbons (Fsp3) is 0.833. The van der Waals surface area contributed by atoms with E-state index in [1.807, 2.05) is 20.8 Å². The monoisotopic (exact) mass is 257 g/mol. The number of likely N-dealkylation sites (tertiary alicyclic amines) is 1. The van der Waals surface area contributed by atoms with Gasteiger partial charge in [-0.1, -0.05) is 6.42 Å². The highest BCUT2D eigenvalue weighted by molar-refractivity contribution is 5.79. The molecule has 1 saturated heterocycles. The zero-order valence-electron chi connectivity index (χ0n) is 11.4. The predicted octanol–water partition coefficient (Wildman–Crippen LogP) is 1.01. The van der Waals surface area contributed by atoms with E-state index in [0.717, 1.165) is 19.3 Å². The molecule has 2 amide bonds. The van der Waals surface area contributed by atoms with Crippen LogP contribution in [0.15, 0.2) is 0 Å². The fourth-order valence-corrected chi connectivity index (χ4v) is 1.97. The normalized spacial score (nSPS) is 21.1. The van der Waals surface area contributed by atoms with Crippen molar-refractivity contribution in [2.24, 2.45) is 11.8 Å². The molecule has 0 aromatic rings. The first-order valence-corrected chi connectivity index (χ1v) is 6.32. The highest BCUT2D eigenvalue weighted by atomic mass is 16.6. The number of ether oxygens (including phenoxy) is 1. The molecule has 0 aromatic carbocycles. The number of hydrogen-bond acceptors (Lipinski definition) is 4. The van der Waals surface area contributed by atoms with Gasteiger partial charge in [0.2, 0.25) is 5.91 Å². The van der Waals surface area contributed by atoms with Gasteiger partial charge < -0.3 is 9.64 Å². The molecule has 1 rings (SSSR count). The quantitative estimate of drug-likeness (QED) is 0.417. The third-order valence-corrected chi connectivity index (χ3v) is 2.84. The molecule has 1 unspecified atom stereocenters. The molecule has 6 nitrogen and oxygen atoms in total. The summed E-state index contributed by atoms with van der Waals surface area (Å²) < 4.78 is 5.32. The van der Waals surface area contributed by atoms with Gasteiger partial charge in [0.15, 0.2) is 0 Å². The maximum Gasteiger partial charge on any atom is 0.410 e. The van der Waals surface area contributed by atoms with E-state index in [9.17, 15) is 9.59 Å². The first-order valence-electron chi connectivity index (χ1n) is 6.32. The van der Waals surface area contributed by atoms with Crippen molar-refractivity contribution in [2.45, 2.75) is 45.6 Å². The van der Waals surface area contributed by atoms with Crippen LogP contribution in [0, 0.1) is 5.92 Å². The van der Waals surface area contributed by atoms with Crippen LogP contribution in [0.1, 0.15) is 40.0 Å². The van der Waals surface area contributed by atoms with Crippen LogP contribution >= 0.6 is 0 Å². The van der Waals surface area contributed by atoms with E-state index in [-0.39, 0.29) is 17.9 Å². The standard InChI is InChI=1S/C12H23N3O3/c1-12(2,3)18-11(17)15-7-5-4-6-9(8-15)10(16)14-13/h9H,4-8,13H2,1-3H3,(H,14,16). The van der Waals surface area contributed by atoms with Gasteiger partial charge in [0.1, 0.15) is 5.60 Å². The fourth-order valence-electron chi connectivity index (χ4n) is 1.97. The second-order valence-electron chi connectivity index (χ2n) is 5.63. The van der Waals surface area contributed by atoms with Gasteiger partial charge >= 0.3 is 6.09 Å². The molecule has 3 N–H and O–H groups in total. The Hall–Kier alpha value is -1.30. The van der Waals surface area contributed by atoms with Gasteiger partial charge in [-0.2, -0.15) is 0 Å². The van der Waals surface area contributed by atoms with Gasteiger partial charge in [-0.3, -0.25) is 10.2 Å². The third-order valence-electron chi connectivity index (χ3n) is 2.84. The Morgan fingerprint density at radius 2 is 2.00 bits per heavy atom. The van der Waals surface area contributed by atoms with Crippen molar-refractivity contribution in [3.05, 3.63) is 0 Å². The zero-order chi connectivity index (χ0) is 13.8. The molecule has 0 saturated carbocycles. The molecule has 1 heterocycles. The number of carbonyl (C=O) groups excluding carboxylic acids is 2. The summed E-state index contributed by atoms with van der Waals surface area (Å²) in [6.07, 6.45) is 2.19. The SMILES string of the molecule is CC(C)(C)OC(=O)N1CCCCC(C(=O)NN)C1. The molecule has 0 aliphatic carbocycles. The number of nitrogens with zero attached hydrogens (tertiary/aromatic N) is 1. The second kappa shape index (κ2) is 6.04. The summed E-state index contributed by atoms with van der Waals surface area (Å²) in [5, 5.41) is 0. The Balaban J connectivity index is 2.64. The van der Waals surface area contributed by atoms with E-state index >= 15 is 0 Å². The van der Waals surface area contributed by atoms with E-state index in [0.29, 0.717) is 13.1 Å². The molecule has 104 valence electrons. The van der Waals surface area contributed by atoms with Gasteiger partial charge in [-0.05, 0) is 33.6 Å². The lowest BCUT2D eigenvalue weighted by Gasteiger charge is -2.27. The molecule has 0 radical (unpaired) electrons. The molecule has 1 aliphatic heterocycles. The van der Waals surface area contributed by atoms with Crippen LogP contribution in [-0.2, 0) is 9.53 Å². The van der Waals surface area contributed by atoms with Gasteiger partial charge in [0.25, 0.3) is 0 Å². The van der Waals surface area contributed by atoms with Crippen LogP contribution in [0.4, 0.5) is 4.79 Å². The van der Waals surface area contributed by atoms with E-state index in [2.05, 4.69) is 5.43 Å².